The maximum absolute atomic E-state index is 11.8. The van der Waals surface area contributed by atoms with E-state index in [0.717, 1.165) is 0 Å². The van der Waals surface area contributed by atoms with Crippen molar-refractivity contribution >= 4 is 23.4 Å². The molecule has 0 radical (unpaired) electrons. The number of aliphatic hydroxyl groups excluding tert-OH is 1. The highest BCUT2D eigenvalue weighted by Gasteiger charge is 2.14. The zero-order valence-corrected chi connectivity index (χ0v) is 13.0. The minimum absolute atomic E-state index is 0.119. The van der Waals surface area contributed by atoms with E-state index in [4.69, 9.17) is 11.6 Å². The molecular formula is C15H21ClN2O3. The van der Waals surface area contributed by atoms with E-state index in [2.05, 4.69) is 10.6 Å². The third-order valence-corrected chi connectivity index (χ3v) is 3.07. The number of benzene rings is 1. The fourth-order valence-corrected chi connectivity index (χ4v) is 2.11. The summed E-state index contributed by atoms with van der Waals surface area (Å²) < 4.78 is 0. The van der Waals surface area contributed by atoms with Crippen molar-refractivity contribution in [1.82, 2.24) is 10.6 Å². The van der Waals surface area contributed by atoms with Crippen LogP contribution in [-0.2, 0) is 4.79 Å². The van der Waals surface area contributed by atoms with E-state index in [0.29, 0.717) is 22.9 Å². The first-order valence-electron chi connectivity index (χ1n) is 6.86. The summed E-state index contributed by atoms with van der Waals surface area (Å²) >= 11 is 5.80. The van der Waals surface area contributed by atoms with Gasteiger partial charge in [0.25, 0.3) is 5.91 Å². The lowest BCUT2D eigenvalue weighted by molar-refractivity contribution is -0.121. The highest BCUT2D eigenvalue weighted by molar-refractivity contribution is 6.30. The maximum atomic E-state index is 11.8. The molecule has 0 heterocycles. The van der Waals surface area contributed by atoms with Crippen molar-refractivity contribution in [3.05, 3.63) is 34.9 Å². The van der Waals surface area contributed by atoms with E-state index in [-0.39, 0.29) is 31.0 Å². The van der Waals surface area contributed by atoms with Crippen molar-refractivity contribution in [3.8, 4) is 0 Å². The van der Waals surface area contributed by atoms with Gasteiger partial charge in [-0.05, 0) is 30.5 Å². The quantitative estimate of drug-likeness (QED) is 0.715. The number of rotatable bonds is 7. The van der Waals surface area contributed by atoms with E-state index in [9.17, 15) is 14.7 Å². The summed E-state index contributed by atoms with van der Waals surface area (Å²) in [7, 11) is 0. The lowest BCUT2D eigenvalue weighted by Crippen LogP contribution is -2.44. The molecule has 0 aromatic heterocycles. The van der Waals surface area contributed by atoms with Gasteiger partial charge in [-0.25, -0.2) is 0 Å². The second kappa shape index (κ2) is 8.64. The molecule has 1 aromatic carbocycles. The number of hydrogen-bond acceptors (Lipinski definition) is 3. The smallest absolute Gasteiger partial charge is 0.251 e. The average molecular weight is 313 g/mol. The average Bonchev–Trinajstić information content (AvgIpc) is 2.43. The highest BCUT2D eigenvalue weighted by atomic mass is 35.5. The van der Waals surface area contributed by atoms with Gasteiger partial charge >= 0.3 is 0 Å². The molecule has 21 heavy (non-hydrogen) atoms. The molecule has 1 atom stereocenters. The molecule has 1 rings (SSSR count). The fraction of sp³-hybridized carbons (Fsp3) is 0.467. The van der Waals surface area contributed by atoms with Crippen LogP contribution in [0.15, 0.2) is 24.3 Å². The lowest BCUT2D eigenvalue weighted by Gasteiger charge is -2.18. The molecule has 0 saturated carbocycles. The molecule has 2 amide bonds. The maximum Gasteiger partial charge on any atom is 0.251 e. The predicted molar refractivity (Wildman–Crippen MR) is 82.3 cm³/mol. The Kier molecular flexibility index (Phi) is 7.19. The topological polar surface area (TPSA) is 78.4 Å². The number of hydrogen-bond donors (Lipinski definition) is 3. The van der Waals surface area contributed by atoms with Gasteiger partial charge in [0, 0.05) is 10.6 Å². The van der Waals surface area contributed by atoms with Gasteiger partial charge in [0.1, 0.15) is 0 Å². The second-order valence-electron chi connectivity index (χ2n) is 5.27. The molecule has 6 heteroatoms. The Bertz CT molecular complexity index is 492. The molecular weight excluding hydrogens is 292 g/mol. The summed E-state index contributed by atoms with van der Waals surface area (Å²) in [5.74, 6) is -0.328. The molecule has 0 bridgehead atoms. The first-order valence-corrected chi connectivity index (χ1v) is 7.24. The van der Waals surface area contributed by atoms with E-state index in [1.165, 1.54) is 6.07 Å². The summed E-state index contributed by atoms with van der Waals surface area (Å²) in [4.78, 5) is 23.6. The predicted octanol–water partition coefficient (Wildman–Crippen LogP) is 1.59. The van der Waals surface area contributed by atoms with E-state index in [1.54, 1.807) is 18.2 Å². The fourth-order valence-electron chi connectivity index (χ4n) is 1.92. The molecule has 1 aromatic rings. The highest BCUT2D eigenvalue weighted by Crippen LogP contribution is 2.10. The molecule has 0 fully saturated rings. The normalized spacial score (nSPS) is 12.0. The number of carbonyl (C=O) groups is 2. The van der Waals surface area contributed by atoms with Crippen LogP contribution in [0.5, 0.6) is 0 Å². The Hall–Kier alpha value is -1.59. The first kappa shape index (κ1) is 17.5. The van der Waals surface area contributed by atoms with Crippen LogP contribution in [0.3, 0.4) is 0 Å². The summed E-state index contributed by atoms with van der Waals surface area (Å²) in [6, 6.07) is 6.20. The summed E-state index contributed by atoms with van der Waals surface area (Å²) in [6.07, 6.45) is 0.685. The third kappa shape index (κ3) is 6.60. The van der Waals surface area contributed by atoms with Crippen LogP contribution in [0.25, 0.3) is 0 Å². The number of halogens is 1. The Labute approximate surface area is 129 Å². The Balaban J connectivity index is 2.43. The molecule has 0 aliphatic carbocycles. The monoisotopic (exact) mass is 312 g/mol. The van der Waals surface area contributed by atoms with Crippen LogP contribution in [0.2, 0.25) is 5.02 Å². The zero-order chi connectivity index (χ0) is 15.8. The largest absolute Gasteiger partial charge is 0.394 e. The van der Waals surface area contributed by atoms with E-state index in [1.807, 2.05) is 13.8 Å². The van der Waals surface area contributed by atoms with Crippen molar-refractivity contribution in [1.29, 1.82) is 0 Å². The van der Waals surface area contributed by atoms with E-state index >= 15 is 0 Å². The second-order valence-corrected chi connectivity index (χ2v) is 5.71. The number of amides is 2. The van der Waals surface area contributed by atoms with Crippen molar-refractivity contribution in [3.63, 3.8) is 0 Å². The van der Waals surface area contributed by atoms with Gasteiger partial charge in [-0.1, -0.05) is 31.5 Å². The van der Waals surface area contributed by atoms with Crippen molar-refractivity contribution in [2.45, 2.75) is 26.3 Å². The minimum atomic E-state index is -0.364. The van der Waals surface area contributed by atoms with Gasteiger partial charge in [-0.15, -0.1) is 0 Å². The Morgan fingerprint density at radius 3 is 2.62 bits per heavy atom. The third-order valence-electron chi connectivity index (χ3n) is 2.84. The first-order chi connectivity index (χ1) is 9.92. The van der Waals surface area contributed by atoms with Gasteiger partial charge in [0.2, 0.25) is 5.91 Å². The molecule has 116 valence electrons. The summed E-state index contributed by atoms with van der Waals surface area (Å²) in [6.45, 7) is 3.76. The van der Waals surface area contributed by atoms with Gasteiger partial charge < -0.3 is 15.7 Å². The van der Waals surface area contributed by atoms with Crippen molar-refractivity contribution in [2.75, 3.05) is 13.2 Å². The number of carbonyl (C=O) groups excluding carboxylic acids is 2. The van der Waals surface area contributed by atoms with Crippen LogP contribution >= 0.6 is 11.6 Å². The van der Waals surface area contributed by atoms with Crippen LogP contribution in [0.4, 0.5) is 0 Å². The van der Waals surface area contributed by atoms with Crippen LogP contribution < -0.4 is 10.6 Å². The molecule has 1 unspecified atom stereocenters. The van der Waals surface area contributed by atoms with Crippen LogP contribution in [0, 0.1) is 5.92 Å². The summed E-state index contributed by atoms with van der Waals surface area (Å²) in [5, 5.41) is 14.9. The van der Waals surface area contributed by atoms with Crippen LogP contribution in [-0.4, -0.2) is 36.1 Å². The molecule has 3 N–H and O–H groups in total. The van der Waals surface area contributed by atoms with Crippen LogP contribution in [0.1, 0.15) is 30.6 Å². The lowest BCUT2D eigenvalue weighted by atomic mass is 10.0. The minimum Gasteiger partial charge on any atom is -0.394 e. The number of nitrogens with one attached hydrogen (secondary N) is 2. The number of aliphatic hydroxyl groups is 1. The molecule has 0 spiro atoms. The van der Waals surface area contributed by atoms with Gasteiger partial charge in [-0.2, -0.15) is 0 Å². The SMILES string of the molecule is CC(C)CC(CO)NC(=O)CNC(=O)c1cccc(Cl)c1. The van der Waals surface area contributed by atoms with Crippen molar-refractivity contribution < 1.29 is 14.7 Å². The Morgan fingerprint density at radius 1 is 1.33 bits per heavy atom. The summed E-state index contributed by atoms with van der Waals surface area (Å²) in [5.41, 5.74) is 0.399. The molecule has 0 aliphatic rings. The van der Waals surface area contributed by atoms with Gasteiger partial charge in [0.05, 0.1) is 19.2 Å². The van der Waals surface area contributed by atoms with E-state index < -0.39 is 0 Å². The van der Waals surface area contributed by atoms with Crippen molar-refractivity contribution in [2.24, 2.45) is 5.92 Å². The van der Waals surface area contributed by atoms with Gasteiger partial charge in [-0.3, -0.25) is 9.59 Å². The molecule has 0 saturated heterocycles. The van der Waals surface area contributed by atoms with Gasteiger partial charge in [0.15, 0.2) is 0 Å². The molecule has 0 aliphatic heterocycles. The standard InChI is InChI=1S/C15H21ClN2O3/c1-10(2)6-13(9-19)18-14(20)8-17-15(21)11-4-3-5-12(16)7-11/h3-5,7,10,13,19H,6,8-9H2,1-2H3,(H,17,21)(H,18,20). The zero-order valence-electron chi connectivity index (χ0n) is 12.2. The molecule has 5 nitrogen and oxygen atoms in total. The Morgan fingerprint density at radius 2 is 2.05 bits per heavy atom.